The lowest BCUT2D eigenvalue weighted by molar-refractivity contribution is -0.164. The second-order valence-electron chi connectivity index (χ2n) is 9.96. The average Bonchev–Trinajstić information content (AvgIpc) is 3.45. The Bertz CT molecular complexity index is 1350. The molecule has 1 aliphatic rings. The molecule has 1 atom stereocenters. The van der Waals surface area contributed by atoms with Crippen LogP contribution >= 0.6 is 0 Å². The van der Waals surface area contributed by atoms with Crippen LogP contribution in [0.15, 0.2) is 60.7 Å². The summed E-state index contributed by atoms with van der Waals surface area (Å²) in [4.78, 5) is 73.2. The second-order valence-corrected chi connectivity index (χ2v) is 9.96. The van der Waals surface area contributed by atoms with Crippen LogP contribution in [0, 0.1) is 13.8 Å². The summed E-state index contributed by atoms with van der Waals surface area (Å²) < 4.78 is 14.6. The van der Waals surface area contributed by atoms with Gasteiger partial charge in [-0.2, -0.15) is 0 Å². The minimum atomic E-state index is -1.42. The number of ether oxygens (including phenoxy) is 3. The molecule has 0 bridgehead atoms. The van der Waals surface area contributed by atoms with Crippen LogP contribution in [0.25, 0.3) is 0 Å². The van der Waals surface area contributed by atoms with Crippen molar-refractivity contribution in [3.8, 4) is 0 Å². The fourth-order valence-electron chi connectivity index (χ4n) is 3.49. The number of benzene rings is 2. The molecular weight excluding hydrogens is 562 g/mol. The number of aryl methyl sites for hydroxylation is 1. The van der Waals surface area contributed by atoms with Gasteiger partial charge in [0.05, 0.1) is 24.1 Å². The van der Waals surface area contributed by atoms with Crippen LogP contribution in [0.1, 0.15) is 67.4 Å². The number of nitrogens with one attached hydrogen (secondary N) is 1. The Morgan fingerprint density at radius 1 is 0.907 bits per heavy atom. The summed E-state index contributed by atoms with van der Waals surface area (Å²) in [5.41, 5.74) is 4.00. The maximum Gasteiger partial charge on any atom is 0.374 e. The molecule has 0 saturated heterocycles. The average molecular weight is 598 g/mol. The molecule has 43 heavy (non-hydrogen) atoms. The highest BCUT2D eigenvalue weighted by molar-refractivity contribution is 5.96. The molecule has 0 saturated carbocycles. The SMILES string of the molecule is Cc1cccc(C(=O)OC(C)(C)C(=O)ONc2ccccc2)c1C.O=C(O)CCC(=O)OC(=O)CC(=O)OC1C=CCC1. The molecule has 0 radical (unpaired) electrons. The van der Waals surface area contributed by atoms with Gasteiger partial charge in [-0.3, -0.25) is 19.2 Å². The van der Waals surface area contributed by atoms with E-state index in [4.69, 9.17) is 19.4 Å². The molecule has 0 fully saturated rings. The van der Waals surface area contributed by atoms with E-state index >= 15 is 0 Å². The fourth-order valence-corrected chi connectivity index (χ4v) is 3.49. The predicted molar refractivity (Wildman–Crippen MR) is 152 cm³/mol. The second kappa shape index (κ2) is 16.4. The molecule has 1 aliphatic carbocycles. The number of para-hydroxylation sites is 1. The van der Waals surface area contributed by atoms with Gasteiger partial charge < -0.3 is 24.2 Å². The van der Waals surface area contributed by atoms with Crippen LogP contribution in [0.2, 0.25) is 0 Å². The van der Waals surface area contributed by atoms with Crippen molar-refractivity contribution in [2.45, 2.75) is 71.5 Å². The Balaban J connectivity index is 0.000000309. The van der Waals surface area contributed by atoms with Gasteiger partial charge in [-0.15, -0.1) is 0 Å². The van der Waals surface area contributed by atoms with Gasteiger partial charge in [0, 0.05) is 0 Å². The van der Waals surface area contributed by atoms with E-state index in [-0.39, 0.29) is 6.10 Å². The van der Waals surface area contributed by atoms with Crippen LogP contribution in [-0.4, -0.2) is 52.6 Å². The quantitative estimate of drug-likeness (QED) is 0.123. The van der Waals surface area contributed by atoms with Crippen molar-refractivity contribution in [2.24, 2.45) is 0 Å². The Hall–Kier alpha value is -5.00. The zero-order chi connectivity index (χ0) is 32.0. The lowest BCUT2D eigenvalue weighted by Crippen LogP contribution is -2.40. The minimum Gasteiger partial charge on any atom is -0.481 e. The number of hydrogen-bond donors (Lipinski definition) is 2. The highest BCUT2D eigenvalue weighted by Gasteiger charge is 2.35. The first-order valence-corrected chi connectivity index (χ1v) is 13.4. The maximum atomic E-state index is 12.4. The Kier molecular flexibility index (Phi) is 13.1. The molecule has 12 heteroatoms. The number of carboxylic acids is 1. The molecule has 230 valence electrons. The molecule has 0 spiro atoms. The molecule has 0 aliphatic heterocycles. The van der Waals surface area contributed by atoms with E-state index in [1.165, 1.54) is 13.8 Å². The van der Waals surface area contributed by atoms with Crippen LogP contribution in [-0.2, 0) is 43.0 Å². The molecular formula is C31H35NO11. The predicted octanol–water partition coefficient (Wildman–Crippen LogP) is 4.38. The normalized spacial score (nSPS) is 13.5. The van der Waals surface area contributed by atoms with Gasteiger partial charge in [0.2, 0.25) is 5.60 Å². The first-order valence-electron chi connectivity index (χ1n) is 13.4. The van der Waals surface area contributed by atoms with E-state index in [1.807, 2.05) is 44.2 Å². The van der Waals surface area contributed by atoms with Crippen LogP contribution in [0.3, 0.4) is 0 Å². The van der Waals surface area contributed by atoms with E-state index < -0.39 is 60.7 Å². The number of aliphatic carboxylic acids is 1. The van der Waals surface area contributed by atoms with Gasteiger partial charge in [-0.05, 0) is 75.9 Å². The molecule has 12 nitrogen and oxygen atoms in total. The third-order valence-electron chi connectivity index (χ3n) is 6.01. The molecule has 0 amide bonds. The van der Waals surface area contributed by atoms with Gasteiger partial charge in [-0.1, -0.05) is 36.4 Å². The van der Waals surface area contributed by atoms with Crippen molar-refractivity contribution in [2.75, 3.05) is 5.48 Å². The number of anilines is 1. The zero-order valence-corrected chi connectivity index (χ0v) is 24.4. The number of carboxylic acid groups (broad SMARTS) is 1. The number of esters is 4. The first-order chi connectivity index (χ1) is 20.3. The summed E-state index contributed by atoms with van der Waals surface area (Å²) >= 11 is 0. The summed E-state index contributed by atoms with van der Waals surface area (Å²) in [6.45, 7) is 6.74. The van der Waals surface area contributed by atoms with Crippen molar-refractivity contribution in [3.05, 3.63) is 77.4 Å². The van der Waals surface area contributed by atoms with Crippen molar-refractivity contribution < 1.29 is 52.9 Å². The summed E-state index contributed by atoms with van der Waals surface area (Å²) in [5.74, 6) is -5.20. The summed E-state index contributed by atoms with van der Waals surface area (Å²) in [7, 11) is 0. The molecule has 2 aromatic rings. The molecule has 1 unspecified atom stereocenters. The van der Waals surface area contributed by atoms with E-state index in [9.17, 15) is 28.8 Å². The smallest absolute Gasteiger partial charge is 0.374 e. The summed E-state index contributed by atoms with van der Waals surface area (Å²) in [5, 5.41) is 8.33. The van der Waals surface area contributed by atoms with Crippen LogP contribution < -0.4 is 5.48 Å². The van der Waals surface area contributed by atoms with Crippen molar-refractivity contribution in [1.29, 1.82) is 0 Å². The van der Waals surface area contributed by atoms with Gasteiger partial charge in [-0.25, -0.2) is 15.1 Å². The highest BCUT2D eigenvalue weighted by Crippen LogP contribution is 2.20. The molecule has 3 rings (SSSR count). The fraction of sp³-hybridized carbons (Fsp3) is 0.355. The van der Waals surface area contributed by atoms with Crippen molar-refractivity contribution in [3.63, 3.8) is 0 Å². The third kappa shape index (κ3) is 12.2. The van der Waals surface area contributed by atoms with Gasteiger partial charge in [0.1, 0.15) is 12.5 Å². The number of rotatable bonds is 11. The maximum absolute atomic E-state index is 12.4. The van der Waals surface area contributed by atoms with E-state index in [1.54, 1.807) is 30.3 Å². The largest absolute Gasteiger partial charge is 0.481 e. The summed E-state index contributed by atoms with van der Waals surface area (Å²) in [6, 6.07) is 14.3. The molecule has 2 aromatic carbocycles. The first kappa shape index (κ1) is 34.2. The summed E-state index contributed by atoms with van der Waals surface area (Å²) in [6.07, 6.45) is 3.25. The van der Waals surface area contributed by atoms with Crippen LogP contribution in [0.4, 0.5) is 5.69 Å². The van der Waals surface area contributed by atoms with E-state index in [0.717, 1.165) is 17.5 Å². The monoisotopic (exact) mass is 597 g/mol. The lowest BCUT2D eigenvalue weighted by Gasteiger charge is -2.23. The molecule has 2 N–H and O–H groups in total. The zero-order valence-electron chi connectivity index (χ0n) is 24.4. The lowest BCUT2D eigenvalue weighted by atomic mass is 10.0. The standard InChI is InChI=1S/C19H21NO4.C12H14O7/c1-13-9-8-12-16(14(13)2)17(21)23-19(3,4)18(22)24-20-15-10-6-5-7-11-15;13-9(14)5-6-10(15)19-12(17)7-11(16)18-8-3-1-2-4-8/h5-12,20H,1-4H3;1,3,8H,2,4-7H2,(H,13,14). The number of allylic oxidation sites excluding steroid dienone is 1. The van der Waals surface area contributed by atoms with Crippen molar-refractivity contribution >= 4 is 41.5 Å². The number of hydrogen-bond acceptors (Lipinski definition) is 11. The van der Waals surface area contributed by atoms with Crippen LogP contribution in [0.5, 0.6) is 0 Å². The number of carbonyl (C=O) groups is 6. The Morgan fingerprint density at radius 2 is 1.60 bits per heavy atom. The highest BCUT2D eigenvalue weighted by atomic mass is 16.7. The van der Waals surface area contributed by atoms with E-state index in [0.29, 0.717) is 17.7 Å². The topological polar surface area (TPSA) is 172 Å². The Morgan fingerprint density at radius 3 is 2.23 bits per heavy atom. The third-order valence-corrected chi connectivity index (χ3v) is 6.01. The van der Waals surface area contributed by atoms with Gasteiger partial charge >= 0.3 is 35.8 Å². The van der Waals surface area contributed by atoms with Crippen molar-refractivity contribution in [1.82, 2.24) is 0 Å². The Labute approximate surface area is 248 Å². The molecule has 0 aromatic heterocycles. The minimum absolute atomic E-state index is 0.331. The van der Waals surface area contributed by atoms with E-state index in [2.05, 4.69) is 10.2 Å². The molecule has 0 heterocycles. The van der Waals surface area contributed by atoms with Gasteiger partial charge in [0.15, 0.2) is 0 Å². The van der Waals surface area contributed by atoms with Gasteiger partial charge in [0.25, 0.3) is 0 Å². The number of carbonyl (C=O) groups excluding carboxylic acids is 5.